The number of carbonyl (C=O) groups is 2. The fourth-order valence-corrected chi connectivity index (χ4v) is 5.72. The lowest BCUT2D eigenvalue weighted by atomic mass is 10.1. The molecule has 0 saturated carbocycles. The average molecular weight is 549 g/mol. The number of halogens is 1. The third-order valence-electron chi connectivity index (χ3n) is 6.45. The summed E-state index contributed by atoms with van der Waals surface area (Å²) in [6, 6.07) is 21.1. The molecular formula is C28H25ClN4O4S. The lowest BCUT2D eigenvalue weighted by molar-refractivity contribution is -0.115. The molecule has 4 aromatic rings. The third-order valence-corrected chi connectivity index (χ3v) is 8.50. The normalized spacial score (nSPS) is 13.7. The Labute approximate surface area is 225 Å². The number of carbonyl (C=O) groups excluding carboxylic acids is 2. The van der Waals surface area contributed by atoms with Crippen molar-refractivity contribution in [3.05, 3.63) is 106 Å². The van der Waals surface area contributed by atoms with Gasteiger partial charge in [0.15, 0.2) is 0 Å². The molecule has 194 valence electrons. The van der Waals surface area contributed by atoms with Crippen molar-refractivity contribution in [3.8, 4) is 0 Å². The lowest BCUT2D eigenvalue weighted by Gasteiger charge is -2.20. The van der Waals surface area contributed by atoms with Crippen molar-refractivity contribution in [2.45, 2.75) is 6.42 Å². The van der Waals surface area contributed by atoms with Crippen LogP contribution < -0.4 is 10.2 Å². The van der Waals surface area contributed by atoms with E-state index in [0.717, 1.165) is 19.5 Å². The number of hydrogen-bond donors (Lipinski definition) is 1. The Balaban J connectivity index is 1.64. The maximum Gasteiger partial charge on any atom is 0.307 e. The van der Waals surface area contributed by atoms with E-state index in [1.165, 1.54) is 26.4 Å². The molecule has 5 rings (SSSR count). The SMILES string of the molecule is CN(C)S(=O)(=O)n1cc(C=C(NC(=O)c2ccccc2Cl)C(=O)N2CCc3ccccc32)c2ccccc21. The van der Waals surface area contributed by atoms with Crippen LogP contribution in [0.15, 0.2) is 84.7 Å². The molecule has 10 heteroatoms. The summed E-state index contributed by atoms with van der Waals surface area (Å²) in [6.07, 6.45) is 3.66. The highest BCUT2D eigenvalue weighted by Crippen LogP contribution is 2.30. The molecule has 38 heavy (non-hydrogen) atoms. The van der Waals surface area contributed by atoms with Gasteiger partial charge in [-0.15, -0.1) is 0 Å². The largest absolute Gasteiger partial charge is 0.317 e. The highest BCUT2D eigenvalue weighted by Gasteiger charge is 2.29. The van der Waals surface area contributed by atoms with Gasteiger partial charge in [0.25, 0.3) is 11.8 Å². The maximum absolute atomic E-state index is 13.9. The zero-order chi connectivity index (χ0) is 27.0. The molecule has 0 atom stereocenters. The van der Waals surface area contributed by atoms with Gasteiger partial charge in [-0.3, -0.25) is 9.59 Å². The summed E-state index contributed by atoms with van der Waals surface area (Å²) < 4.78 is 28.3. The summed E-state index contributed by atoms with van der Waals surface area (Å²) in [7, 11) is -0.950. The van der Waals surface area contributed by atoms with Crippen LogP contribution in [0.1, 0.15) is 21.5 Å². The number of fused-ring (bicyclic) bond motifs is 2. The van der Waals surface area contributed by atoms with Gasteiger partial charge in [-0.25, -0.2) is 3.97 Å². The Morgan fingerprint density at radius 3 is 2.42 bits per heavy atom. The number of amides is 2. The van der Waals surface area contributed by atoms with Crippen LogP contribution in [0.2, 0.25) is 5.02 Å². The second-order valence-electron chi connectivity index (χ2n) is 9.02. The zero-order valence-electron chi connectivity index (χ0n) is 20.8. The van der Waals surface area contributed by atoms with E-state index in [4.69, 9.17) is 11.6 Å². The van der Waals surface area contributed by atoms with Gasteiger partial charge in [0.2, 0.25) is 0 Å². The van der Waals surface area contributed by atoms with Crippen molar-refractivity contribution < 1.29 is 18.0 Å². The molecule has 2 heterocycles. The molecule has 0 spiro atoms. The van der Waals surface area contributed by atoms with Crippen LogP contribution in [-0.4, -0.2) is 49.1 Å². The molecule has 8 nitrogen and oxygen atoms in total. The van der Waals surface area contributed by atoms with Crippen LogP contribution in [-0.2, 0) is 21.4 Å². The van der Waals surface area contributed by atoms with E-state index in [1.807, 2.05) is 24.3 Å². The summed E-state index contributed by atoms with van der Waals surface area (Å²) in [5.74, 6) is -0.963. The van der Waals surface area contributed by atoms with Crippen molar-refractivity contribution in [2.75, 3.05) is 25.5 Å². The van der Waals surface area contributed by atoms with Crippen LogP contribution in [0.4, 0.5) is 5.69 Å². The van der Waals surface area contributed by atoms with E-state index in [2.05, 4.69) is 5.32 Å². The highest BCUT2D eigenvalue weighted by atomic mass is 35.5. The first-order valence-corrected chi connectivity index (χ1v) is 13.7. The summed E-state index contributed by atoms with van der Waals surface area (Å²) in [5, 5.41) is 3.60. The first-order chi connectivity index (χ1) is 18.2. The van der Waals surface area contributed by atoms with E-state index >= 15 is 0 Å². The van der Waals surface area contributed by atoms with Gasteiger partial charge < -0.3 is 10.2 Å². The number of nitrogens with zero attached hydrogens (tertiary/aromatic N) is 3. The molecule has 1 aliphatic heterocycles. The van der Waals surface area contributed by atoms with Gasteiger partial charge in [0.1, 0.15) is 5.70 Å². The lowest BCUT2D eigenvalue weighted by Crippen LogP contribution is -2.37. The summed E-state index contributed by atoms with van der Waals surface area (Å²) in [4.78, 5) is 28.7. The zero-order valence-corrected chi connectivity index (χ0v) is 22.3. The van der Waals surface area contributed by atoms with Gasteiger partial charge >= 0.3 is 10.2 Å². The molecule has 0 unspecified atom stereocenters. The molecule has 0 aliphatic carbocycles. The molecule has 0 fully saturated rings. The molecule has 1 N–H and O–H groups in total. The molecule has 0 radical (unpaired) electrons. The summed E-state index contributed by atoms with van der Waals surface area (Å²) in [6.45, 7) is 0.453. The number of aromatic nitrogens is 1. The number of anilines is 1. The number of benzene rings is 3. The van der Waals surface area contributed by atoms with Crippen molar-refractivity contribution in [1.82, 2.24) is 13.6 Å². The third kappa shape index (κ3) is 4.60. The topological polar surface area (TPSA) is 91.7 Å². The van der Waals surface area contributed by atoms with E-state index < -0.39 is 22.0 Å². The van der Waals surface area contributed by atoms with E-state index in [9.17, 15) is 18.0 Å². The van der Waals surface area contributed by atoms with Gasteiger partial charge in [-0.05, 0) is 42.3 Å². The average Bonchev–Trinajstić information content (AvgIpc) is 3.50. The Bertz CT molecular complexity index is 1710. The Morgan fingerprint density at radius 1 is 0.974 bits per heavy atom. The van der Waals surface area contributed by atoms with Crippen LogP contribution in [0.5, 0.6) is 0 Å². The van der Waals surface area contributed by atoms with Crippen molar-refractivity contribution in [1.29, 1.82) is 0 Å². The van der Waals surface area contributed by atoms with Gasteiger partial charge in [-0.1, -0.05) is 60.1 Å². The van der Waals surface area contributed by atoms with E-state index in [0.29, 0.717) is 29.4 Å². The van der Waals surface area contributed by atoms with Crippen LogP contribution >= 0.6 is 11.6 Å². The van der Waals surface area contributed by atoms with Gasteiger partial charge in [-0.2, -0.15) is 12.7 Å². The molecule has 1 aromatic heterocycles. The van der Waals surface area contributed by atoms with Gasteiger partial charge in [0, 0.05) is 43.5 Å². The Morgan fingerprint density at radius 2 is 1.66 bits per heavy atom. The number of rotatable bonds is 6. The van der Waals surface area contributed by atoms with Crippen LogP contribution in [0, 0.1) is 0 Å². The van der Waals surface area contributed by atoms with E-state index in [1.54, 1.807) is 53.4 Å². The minimum atomic E-state index is -3.85. The molecule has 2 amide bonds. The summed E-state index contributed by atoms with van der Waals surface area (Å²) >= 11 is 6.25. The Kier molecular flexibility index (Phi) is 6.83. The first-order valence-electron chi connectivity index (χ1n) is 11.9. The second-order valence-corrected chi connectivity index (χ2v) is 11.4. The number of para-hydroxylation sites is 2. The minimum Gasteiger partial charge on any atom is -0.317 e. The molecule has 3 aromatic carbocycles. The molecule has 0 bridgehead atoms. The van der Waals surface area contributed by atoms with Crippen molar-refractivity contribution in [3.63, 3.8) is 0 Å². The van der Waals surface area contributed by atoms with Gasteiger partial charge in [0.05, 0.1) is 16.1 Å². The predicted octanol–water partition coefficient (Wildman–Crippen LogP) is 4.31. The van der Waals surface area contributed by atoms with Crippen molar-refractivity contribution >= 4 is 56.3 Å². The first kappa shape index (κ1) is 25.7. The molecule has 0 saturated heterocycles. The summed E-state index contributed by atoms with van der Waals surface area (Å²) in [5.41, 5.74) is 2.92. The van der Waals surface area contributed by atoms with Crippen LogP contribution in [0.25, 0.3) is 17.0 Å². The van der Waals surface area contributed by atoms with E-state index in [-0.39, 0.29) is 16.3 Å². The number of nitrogens with one attached hydrogen (secondary N) is 1. The fourth-order valence-electron chi connectivity index (χ4n) is 4.49. The quantitative estimate of drug-likeness (QED) is 0.363. The molecule has 1 aliphatic rings. The second kappa shape index (κ2) is 10.1. The molecular weight excluding hydrogens is 524 g/mol. The monoisotopic (exact) mass is 548 g/mol. The highest BCUT2D eigenvalue weighted by molar-refractivity contribution is 7.87. The minimum absolute atomic E-state index is 0.00298. The Hall–Kier alpha value is -3.92. The smallest absolute Gasteiger partial charge is 0.307 e. The maximum atomic E-state index is 13.9. The van der Waals surface area contributed by atoms with Crippen LogP contribution in [0.3, 0.4) is 0 Å². The van der Waals surface area contributed by atoms with Crippen molar-refractivity contribution in [2.24, 2.45) is 0 Å². The fraction of sp³-hybridized carbons (Fsp3) is 0.143. The predicted molar refractivity (Wildman–Crippen MR) is 149 cm³/mol. The standard InChI is InChI=1S/C28H25ClN4O4S/c1-31(2)38(36,37)33-18-20(21-10-5-8-14-26(21)33)17-24(30-27(34)22-11-4-6-12-23(22)29)28(35)32-16-15-19-9-3-7-13-25(19)32/h3-14,17-18H,15-16H2,1-2H3,(H,30,34). The number of hydrogen-bond acceptors (Lipinski definition) is 4.